The first kappa shape index (κ1) is 38.9. The number of anilines is 3. The first-order valence-corrected chi connectivity index (χ1v) is 23.3. The van der Waals surface area contributed by atoms with Crippen molar-refractivity contribution in [1.82, 2.24) is 0 Å². The van der Waals surface area contributed by atoms with Crippen molar-refractivity contribution in [3.63, 3.8) is 0 Å². The Morgan fingerprint density at radius 1 is 0.308 bits per heavy atom. The summed E-state index contributed by atoms with van der Waals surface area (Å²) in [6.07, 6.45) is 0. The summed E-state index contributed by atoms with van der Waals surface area (Å²) in [5.41, 5.74) is 20.7. The highest BCUT2D eigenvalue weighted by Crippen LogP contribution is 2.52. The Kier molecular flexibility index (Phi) is 9.44. The van der Waals surface area contributed by atoms with Gasteiger partial charge in [0.25, 0.3) is 0 Å². The molecule has 12 rings (SSSR count). The molecule has 0 atom stereocenters. The molecule has 0 amide bonds. The number of hydrogen-bond acceptors (Lipinski definition) is 2. The van der Waals surface area contributed by atoms with Crippen LogP contribution in [0.2, 0.25) is 0 Å². The molecule has 0 aliphatic heterocycles. The molecule has 0 spiro atoms. The molecule has 1 aliphatic carbocycles. The van der Waals surface area contributed by atoms with Crippen LogP contribution >= 0.6 is 11.3 Å². The molecule has 2 heteroatoms. The fraction of sp³-hybridized carbons (Fsp3) is 0.0476. The van der Waals surface area contributed by atoms with Gasteiger partial charge in [-0.15, -0.1) is 11.3 Å². The summed E-state index contributed by atoms with van der Waals surface area (Å²) in [7, 11) is 0. The second kappa shape index (κ2) is 15.8. The molecule has 11 aromatic rings. The zero-order valence-corrected chi connectivity index (χ0v) is 37.2. The molecule has 1 nitrogen and oxygen atoms in total. The van der Waals surface area contributed by atoms with E-state index in [0.29, 0.717) is 0 Å². The normalized spacial score (nSPS) is 12.6. The van der Waals surface area contributed by atoms with Gasteiger partial charge in [-0.25, -0.2) is 0 Å². The number of benzene rings is 10. The molecular weight excluding hydrogens is 803 g/mol. The lowest BCUT2D eigenvalue weighted by Crippen LogP contribution is -2.16. The Morgan fingerprint density at radius 3 is 1.35 bits per heavy atom. The molecule has 1 aliphatic rings. The smallest absolute Gasteiger partial charge is 0.0465 e. The quantitative estimate of drug-likeness (QED) is 0.147. The molecule has 1 aromatic heterocycles. The maximum atomic E-state index is 2.44. The molecule has 0 saturated carbocycles. The topological polar surface area (TPSA) is 3.24 Å². The zero-order valence-electron chi connectivity index (χ0n) is 36.4. The van der Waals surface area contributed by atoms with Crippen LogP contribution in [0.15, 0.2) is 237 Å². The fourth-order valence-corrected chi connectivity index (χ4v) is 11.3. The van der Waals surface area contributed by atoms with Gasteiger partial charge in [-0.3, -0.25) is 0 Å². The Morgan fingerprint density at radius 2 is 0.754 bits per heavy atom. The first-order chi connectivity index (χ1) is 32.0. The molecule has 0 unspecified atom stereocenters. The summed E-state index contributed by atoms with van der Waals surface area (Å²) >= 11 is 1.88. The minimum absolute atomic E-state index is 0.186. The van der Waals surface area contributed by atoms with Gasteiger partial charge >= 0.3 is 0 Å². The second-order valence-corrected chi connectivity index (χ2v) is 18.8. The van der Waals surface area contributed by atoms with Crippen LogP contribution in [0.1, 0.15) is 25.0 Å². The second-order valence-electron chi connectivity index (χ2n) is 17.7. The molecule has 0 fully saturated rings. The highest BCUT2D eigenvalue weighted by molar-refractivity contribution is 7.26. The first-order valence-electron chi connectivity index (χ1n) is 22.5. The van der Waals surface area contributed by atoms with E-state index in [1.165, 1.54) is 98.1 Å². The van der Waals surface area contributed by atoms with E-state index in [0.717, 1.165) is 17.1 Å². The number of nitrogens with zero attached hydrogens (tertiary/aromatic N) is 1. The minimum atomic E-state index is -0.186. The third-order valence-corrected chi connectivity index (χ3v) is 14.7. The van der Waals surface area contributed by atoms with Crippen LogP contribution in [0.5, 0.6) is 0 Å². The predicted molar refractivity (Wildman–Crippen MR) is 279 cm³/mol. The van der Waals surface area contributed by atoms with Crippen LogP contribution in [0.4, 0.5) is 17.1 Å². The monoisotopic (exact) mass is 847 g/mol. The summed E-state index contributed by atoms with van der Waals surface area (Å²) in [5.74, 6) is 0. The summed E-state index contributed by atoms with van der Waals surface area (Å²) in [6.45, 7) is 4.76. The Labute approximate surface area is 385 Å². The molecule has 1 heterocycles. The molecular formula is C63H45NS. The van der Waals surface area contributed by atoms with Crippen molar-refractivity contribution >= 4 is 48.6 Å². The molecule has 0 bridgehead atoms. The highest BCUT2D eigenvalue weighted by atomic mass is 32.1. The van der Waals surface area contributed by atoms with E-state index in [1.807, 2.05) is 11.3 Å². The van der Waals surface area contributed by atoms with Gasteiger partial charge in [-0.05, 0) is 145 Å². The molecule has 0 radical (unpaired) electrons. The maximum Gasteiger partial charge on any atom is 0.0465 e. The third-order valence-electron chi connectivity index (χ3n) is 13.5. The van der Waals surface area contributed by atoms with Crippen molar-refractivity contribution in [1.29, 1.82) is 0 Å². The Hall–Kier alpha value is -7.78. The fourth-order valence-electron chi connectivity index (χ4n) is 10.1. The van der Waals surface area contributed by atoms with Gasteiger partial charge in [-0.2, -0.15) is 0 Å². The van der Waals surface area contributed by atoms with Crippen LogP contribution in [0.25, 0.3) is 86.9 Å². The number of fused-ring (bicyclic) bond motifs is 6. The van der Waals surface area contributed by atoms with E-state index in [-0.39, 0.29) is 5.41 Å². The van der Waals surface area contributed by atoms with Crippen molar-refractivity contribution < 1.29 is 0 Å². The van der Waals surface area contributed by atoms with Crippen molar-refractivity contribution in [2.45, 2.75) is 19.3 Å². The van der Waals surface area contributed by atoms with Gasteiger partial charge in [0.15, 0.2) is 0 Å². The minimum Gasteiger partial charge on any atom is -0.310 e. The lowest BCUT2D eigenvalue weighted by molar-refractivity contribution is 0.660. The molecule has 10 aromatic carbocycles. The molecule has 65 heavy (non-hydrogen) atoms. The van der Waals surface area contributed by atoms with Crippen molar-refractivity contribution in [2.75, 3.05) is 4.90 Å². The molecule has 0 saturated heterocycles. The number of thiophene rings is 1. The van der Waals surface area contributed by atoms with Gasteiger partial charge in [0.1, 0.15) is 0 Å². The van der Waals surface area contributed by atoms with Crippen molar-refractivity contribution in [3.05, 3.63) is 248 Å². The average Bonchev–Trinajstić information content (AvgIpc) is 3.86. The van der Waals surface area contributed by atoms with Crippen molar-refractivity contribution in [2.24, 2.45) is 0 Å². The molecule has 308 valence electrons. The van der Waals surface area contributed by atoms with Gasteiger partial charge < -0.3 is 4.90 Å². The van der Waals surface area contributed by atoms with Gasteiger partial charge in [-0.1, -0.05) is 184 Å². The third kappa shape index (κ3) is 6.86. The van der Waals surface area contributed by atoms with Gasteiger partial charge in [0.05, 0.1) is 0 Å². The number of hydrogen-bond donors (Lipinski definition) is 0. The standard InChI is InChI=1S/C63H45NS/c1-63(2)59-40-47(42-15-6-3-7-16-42)29-35-55(59)56-36-34-53(41-60(56)63)64(52-32-27-46(28-33-52)54-22-14-23-58-57-21-12-13-24-61(57)65-62(54)58)51-30-25-45(26-31-51)50-38-48(43-17-8-4-9-18-43)37-49(39-50)44-19-10-5-11-20-44/h3-41H,1-2H3. The highest BCUT2D eigenvalue weighted by Gasteiger charge is 2.36. The average molecular weight is 848 g/mol. The van der Waals surface area contributed by atoms with Crippen LogP contribution in [-0.2, 0) is 5.41 Å². The summed E-state index contributed by atoms with van der Waals surface area (Å²) in [4.78, 5) is 2.43. The zero-order chi connectivity index (χ0) is 43.5. The van der Waals surface area contributed by atoms with Crippen LogP contribution < -0.4 is 4.90 Å². The van der Waals surface area contributed by atoms with E-state index in [1.54, 1.807) is 0 Å². The summed E-state index contributed by atoms with van der Waals surface area (Å²) < 4.78 is 2.65. The van der Waals surface area contributed by atoms with Crippen LogP contribution in [0, 0.1) is 0 Å². The van der Waals surface area contributed by atoms with Gasteiger partial charge in [0.2, 0.25) is 0 Å². The summed E-state index contributed by atoms with van der Waals surface area (Å²) in [6, 6.07) is 87.0. The van der Waals surface area contributed by atoms with E-state index < -0.39 is 0 Å². The van der Waals surface area contributed by atoms with E-state index >= 15 is 0 Å². The van der Waals surface area contributed by atoms with Gasteiger partial charge in [0, 0.05) is 42.6 Å². The number of rotatable bonds is 8. The lowest BCUT2D eigenvalue weighted by atomic mass is 9.81. The van der Waals surface area contributed by atoms with E-state index in [2.05, 4.69) is 255 Å². The van der Waals surface area contributed by atoms with Crippen LogP contribution in [-0.4, -0.2) is 0 Å². The van der Waals surface area contributed by atoms with Crippen LogP contribution in [0.3, 0.4) is 0 Å². The van der Waals surface area contributed by atoms with E-state index in [4.69, 9.17) is 0 Å². The predicted octanol–water partition coefficient (Wildman–Crippen LogP) is 18.2. The maximum absolute atomic E-state index is 2.44. The lowest BCUT2D eigenvalue weighted by Gasteiger charge is -2.28. The van der Waals surface area contributed by atoms with E-state index in [9.17, 15) is 0 Å². The molecule has 0 N–H and O–H groups in total. The summed E-state index contributed by atoms with van der Waals surface area (Å²) in [5, 5.41) is 2.64. The Balaban J connectivity index is 0.966. The SMILES string of the molecule is CC1(C)c2cc(-c3ccccc3)ccc2-c2ccc(N(c3ccc(-c4cc(-c5ccccc5)cc(-c5ccccc5)c4)cc3)c3ccc(-c4cccc5c4sc4ccccc45)cc3)cc21. The Bertz CT molecular complexity index is 3470. The largest absolute Gasteiger partial charge is 0.310 e. The van der Waals surface area contributed by atoms with Crippen molar-refractivity contribution in [3.8, 4) is 66.8 Å².